The third-order valence-corrected chi connectivity index (χ3v) is 15.5. The van der Waals surface area contributed by atoms with Gasteiger partial charge >= 0.3 is 19.8 Å². The summed E-state index contributed by atoms with van der Waals surface area (Å²) in [4.78, 5) is 35.3. The number of rotatable bonds is 63. The van der Waals surface area contributed by atoms with E-state index < -0.39 is 26.5 Å². The molecule has 0 heterocycles. The Hall–Kier alpha value is -2.55. The van der Waals surface area contributed by atoms with Crippen molar-refractivity contribution in [3.05, 3.63) is 72.9 Å². The fourth-order valence-electron chi connectivity index (χ4n) is 9.59. The zero-order valence-corrected chi connectivity index (χ0v) is 52.5. The van der Waals surface area contributed by atoms with E-state index in [-0.39, 0.29) is 38.6 Å². The molecule has 0 aromatic carbocycles. The minimum atomic E-state index is -4.40. The highest BCUT2D eigenvalue weighted by atomic mass is 31.2. The van der Waals surface area contributed by atoms with Gasteiger partial charge in [0.25, 0.3) is 0 Å². The number of nitrogens with two attached hydrogens (primary N) is 1. The van der Waals surface area contributed by atoms with Crippen molar-refractivity contribution in [3.63, 3.8) is 0 Å². The molecule has 0 bridgehead atoms. The van der Waals surface area contributed by atoms with Gasteiger partial charge in [0.15, 0.2) is 6.10 Å². The number of phosphoric acid groups is 1. The topological polar surface area (TPSA) is 134 Å². The second kappa shape index (κ2) is 64.6. The normalized spacial score (nSPS) is 13.4. The van der Waals surface area contributed by atoms with Gasteiger partial charge in [0.2, 0.25) is 0 Å². The summed E-state index contributed by atoms with van der Waals surface area (Å²) < 4.78 is 33.1. The van der Waals surface area contributed by atoms with Gasteiger partial charge in [-0.05, 0) is 89.9 Å². The summed E-state index contributed by atoms with van der Waals surface area (Å²) in [5.74, 6) is -0.832. The SMILES string of the molecule is CCCCCCC/C=C\C/C=C\C/C=C\CCCCCCCCCCCCCCCCCCCCCCCCC(=O)OC(COC(=O)CCCCCCCC/C=C\C/C=C\C/C=C\CCCCCCC)COP(=O)(O)OCCN. The molecule has 3 N–H and O–H groups in total. The summed E-state index contributed by atoms with van der Waals surface area (Å²) in [5, 5.41) is 0. The maximum atomic E-state index is 12.7. The van der Waals surface area contributed by atoms with Crippen molar-refractivity contribution in [3.8, 4) is 0 Å². The molecule has 0 aromatic rings. The van der Waals surface area contributed by atoms with Gasteiger partial charge in [0.05, 0.1) is 13.2 Å². The lowest BCUT2D eigenvalue weighted by atomic mass is 10.0. The van der Waals surface area contributed by atoms with E-state index in [0.717, 1.165) is 70.6 Å². The zero-order chi connectivity index (χ0) is 57.3. The van der Waals surface area contributed by atoms with Gasteiger partial charge in [0, 0.05) is 19.4 Å². The number of esters is 2. The smallest absolute Gasteiger partial charge is 0.462 e. The standard InChI is InChI=1S/C69H126NO8P/c1-3-5-7-9-11-13-15-17-19-21-23-25-26-27-28-29-30-31-32-33-34-35-36-37-38-39-40-42-44-46-48-50-52-54-56-58-60-62-69(72)78-67(66-77-79(73,74)76-64-63-70)65-75-68(71)61-59-57-55-53-51-49-47-45-43-41-24-22-20-18-16-14-12-10-8-6-4-2/h15-18,21-24,26-27,43,45,67H,3-14,19-20,25,28-42,44,46-66,70H2,1-2H3,(H,73,74)/b17-15-,18-16-,23-21-,24-22-,27-26-,45-43-. The molecule has 79 heavy (non-hydrogen) atoms. The maximum Gasteiger partial charge on any atom is 0.472 e. The number of hydrogen-bond donors (Lipinski definition) is 2. The van der Waals surface area contributed by atoms with Crippen molar-refractivity contribution in [2.75, 3.05) is 26.4 Å². The van der Waals surface area contributed by atoms with E-state index in [1.54, 1.807) is 0 Å². The molecule has 0 saturated carbocycles. The van der Waals surface area contributed by atoms with Crippen LogP contribution in [0.3, 0.4) is 0 Å². The van der Waals surface area contributed by atoms with Gasteiger partial charge in [-0.25, -0.2) is 4.57 Å². The Balaban J connectivity index is 3.85. The molecule has 460 valence electrons. The average molecular weight is 1130 g/mol. The highest BCUT2D eigenvalue weighted by molar-refractivity contribution is 7.47. The number of unbranched alkanes of at least 4 members (excludes halogenated alkanes) is 38. The van der Waals surface area contributed by atoms with Crippen molar-refractivity contribution in [1.82, 2.24) is 0 Å². The molecule has 0 aliphatic rings. The molecule has 0 spiro atoms. The summed E-state index contributed by atoms with van der Waals surface area (Å²) in [5.41, 5.74) is 5.39. The molecule has 10 heteroatoms. The maximum absolute atomic E-state index is 12.7. The highest BCUT2D eigenvalue weighted by Gasteiger charge is 2.26. The van der Waals surface area contributed by atoms with Crippen LogP contribution in [-0.4, -0.2) is 49.3 Å². The quantitative estimate of drug-likeness (QED) is 0.0264. The number of ether oxygens (including phenoxy) is 2. The highest BCUT2D eigenvalue weighted by Crippen LogP contribution is 2.43. The van der Waals surface area contributed by atoms with Gasteiger partial charge in [-0.2, -0.15) is 0 Å². The first-order valence-corrected chi connectivity index (χ1v) is 34.9. The van der Waals surface area contributed by atoms with E-state index in [2.05, 4.69) is 86.8 Å². The molecule has 0 aliphatic carbocycles. The number of hydrogen-bond acceptors (Lipinski definition) is 8. The molecular formula is C69H126NO8P. The number of phosphoric ester groups is 1. The summed E-state index contributed by atoms with van der Waals surface area (Å²) >= 11 is 0. The minimum absolute atomic E-state index is 0.0505. The van der Waals surface area contributed by atoms with E-state index in [0.29, 0.717) is 6.42 Å². The molecule has 9 nitrogen and oxygen atoms in total. The molecule has 2 atom stereocenters. The Morgan fingerprint density at radius 2 is 0.658 bits per heavy atom. The first-order chi connectivity index (χ1) is 38.8. The minimum Gasteiger partial charge on any atom is -0.462 e. The molecule has 0 radical (unpaired) electrons. The van der Waals surface area contributed by atoms with Crippen LogP contribution in [0.2, 0.25) is 0 Å². The lowest BCUT2D eigenvalue weighted by Gasteiger charge is -2.19. The summed E-state index contributed by atoms with van der Waals surface area (Å²) in [6.07, 6.45) is 84.2. The second-order valence-electron chi connectivity index (χ2n) is 22.3. The predicted molar refractivity (Wildman–Crippen MR) is 339 cm³/mol. The number of carbonyl (C=O) groups excluding carboxylic acids is 2. The van der Waals surface area contributed by atoms with Crippen molar-refractivity contribution in [2.45, 2.75) is 328 Å². The van der Waals surface area contributed by atoms with Crippen molar-refractivity contribution >= 4 is 19.8 Å². The average Bonchev–Trinajstić information content (AvgIpc) is 3.44. The van der Waals surface area contributed by atoms with Gasteiger partial charge < -0.3 is 20.1 Å². The van der Waals surface area contributed by atoms with E-state index in [4.69, 9.17) is 24.3 Å². The van der Waals surface area contributed by atoms with Crippen LogP contribution in [-0.2, 0) is 32.7 Å². The van der Waals surface area contributed by atoms with E-state index >= 15 is 0 Å². The fraction of sp³-hybridized carbons (Fsp3) is 0.797. The Bertz CT molecular complexity index is 1520. The molecule has 2 unspecified atom stereocenters. The van der Waals surface area contributed by atoms with Gasteiger partial charge in [0.1, 0.15) is 6.61 Å². The Labute approximate surface area is 488 Å². The lowest BCUT2D eigenvalue weighted by Crippen LogP contribution is -2.29. The molecule has 0 aliphatic heterocycles. The molecule has 0 saturated heterocycles. The second-order valence-corrected chi connectivity index (χ2v) is 23.8. The molecule has 0 rings (SSSR count). The largest absolute Gasteiger partial charge is 0.472 e. The van der Waals surface area contributed by atoms with Crippen molar-refractivity contribution < 1.29 is 37.6 Å². The van der Waals surface area contributed by atoms with Crippen LogP contribution in [0.15, 0.2) is 72.9 Å². The van der Waals surface area contributed by atoms with Crippen LogP contribution < -0.4 is 5.73 Å². The van der Waals surface area contributed by atoms with Crippen LogP contribution in [0.25, 0.3) is 0 Å². The van der Waals surface area contributed by atoms with E-state index in [1.807, 2.05) is 0 Å². The van der Waals surface area contributed by atoms with Crippen LogP contribution >= 0.6 is 7.82 Å². The summed E-state index contributed by atoms with van der Waals surface area (Å²) in [7, 11) is -4.40. The number of carbonyl (C=O) groups is 2. The lowest BCUT2D eigenvalue weighted by molar-refractivity contribution is -0.161. The van der Waals surface area contributed by atoms with Gasteiger partial charge in [-0.15, -0.1) is 0 Å². The van der Waals surface area contributed by atoms with Crippen LogP contribution in [0.1, 0.15) is 322 Å². The third-order valence-electron chi connectivity index (χ3n) is 14.6. The van der Waals surface area contributed by atoms with Crippen molar-refractivity contribution in [2.24, 2.45) is 5.73 Å². The third kappa shape index (κ3) is 64.5. The molecule has 0 fully saturated rings. The monoisotopic (exact) mass is 1130 g/mol. The predicted octanol–water partition coefficient (Wildman–Crippen LogP) is 21.6. The summed E-state index contributed by atoms with van der Waals surface area (Å²) in [6, 6.07) is 0. The summed E-state index contributed by atoms with van der Waals surface area (Å²) in [6.45, 7) is 3.74. The van der Waals surface area contributed by atoms with Crippen LogP contribution in [0.4, 0.5) is 0 Å². The Kier molecular flexibility index (Phi) is 62.5. The Morgan fingerprint density at radius 1 is 0.380 bits per heavy atom. The molecule has 0 amide bonds. The van der Waals surface area contributed by atoms with Gasteiger partial charge in [-0.3, -0.25) is 18.6 Å². The Morgan fingerprint density at radius 3 is 0.975 bits per heavy atom. The number of allylic oxidation sites excluding steroid dienone is 12. The molecular weight excluding hydrogens is 1000 g/mol. The fourth-order valence-corrected chi connectivity index (χ4v) is 10.4. The first-order valence-electron chi connectivity index (χ1n) is 33.4. The van der Waals surface area contributed by atoms with Crippen molar-refractivity contribution in [1.29, 1.82) is 0 Å². The van der Waals surface area contributed by atoms with Crippen LogP contribution in [0.5, 0.6) is 0 Å². The van der Waals surface area contributed by atoms with Crippen LogP contribution in [0, 0.1) is 0 Å². The molecule has 0 aromatic heterocycles. The zero-order valence-electron chi connectivity index (χ0n) is 51.6. The first kappa shape index (κ1) is 76.5. The van der Waals surface area contributed by atoms with E-state index in [9.17, 15) is 19.0 Å². The van der Waals surface area contributed by atoms with E-state index in [1.165, 1.54) is 218 Å². The van der Waals surface area contributed by atoms with Gasteiger partial charge in [-0.1, -0.05) is 292 Å².